The molecule has 0 radical (unpaired) electrons. The molecule has 27 heavy (non-hydrogen) atoms. The van der Waals surface area contributed by atoms with Crippen LogP contribution >= 0.6 is 0 Å². The van der Waals surface area contributed by atoms with Crippen LogP contribution in [0.1, 0.15) is 44.8 Å². The molecule has 2 heterocycles. The number of nitrogens with zero attached hydrogens (tertiary/aromatic N) is 3. The van der Waals surface area contributed by atoms with Crippen molar-refractivity contribution in [2.75, 3.05) is 6.61 Å². The lowest BCUT2D eigenvalue weighted by atomic mass is 10.2. The number of rotatable bonds is 6. The van der Waals surface area contributed by atoms with Crippen LogP contribution < -0.4 is 5.32 Å². The van der Waals surface area contributed by atoms with Gasteiger partial charge in [0, 0.05) is 11.6 Å². The van der Waals surface area contributed by atoms with E-state index in [4.69, 9.17) is 9.26 Å². The van der Waals surface area contributed by atoms with Crippen molar-refractivity contribution in [2.24, 2.45) is 0 Å². The second kappa shape index (κ2) is 7.86. The fourth-order valence-corrected chi connectivity index (χ4v) is 2.60. The molecule has 2 aromatic heterocycles. The quantitative estimate of drug-likeness (QED) is 0.672. The molecule has 140 valence electrons. The number of benzene rings is 1. The van der Waals surface area contributed by atoms with Gasteiger partial charge in [0.15, 0.2) is 5.76 Å². The molecule has 0 aliphatic heterocycles. The lowest BCUT2D eigenvalue weighted by Crippen LogP contribution is -2.22. The summed E-state index contributed by atoms with van der Waals surface area (Å²) in [6.07, 6.45) is 1.48. The molecule has 0 atom stereocenters. The van der Waals surface area contributed by atoms with E-state index in [9.17, 15) is 9.59 Å². The van der Waals surface area contributed by atoms with Gasteiger partial charge in [-0.25, -0.2) is 9.48 Å². The molecule has 0 bridgehead atoms. The lowest BCUT2D eigenvalue weighted by Gasteiger charge is -2.07. The van der Waals surface area contributed by atoms with Crippen LogP contribution in [-0.2, 0) is 11.3 Å². The zero-order valence-corrected chi connectivity index (χ0v) is 15.4. The Hall–Kier alpha value is -3.42. The van der Waals surface area contributed by atoms with Gasteiger partial charge in [-0.15, -0.1) is 0 Å². The normalized spacial score (nSPS) is 10.6. The maximum Gasteiger partial charge on any atom is 0.341 e. The summed E-state index contributed by atoms with van der Waals surface area (Å²) >= 11 is 0. The van der Waals surface area contributed by atoms with Gasteiger partial charge in [-0.3, -0.25) is 4.79 Å². The highest BCUT2D eigenvalue weighted by Gasteiger charge is 2.16. The van der Waals surface area contributed by atoms with Crippen LogP contribution in [0.4, 0.5) is 0 Å². The highest BCUT2D eigenvalue weighted by atomic mass is 16.5. The maximum absolute atomic E-state index is 12.2. The summed E-state index contributed by atoms with van der Waals surface area (Å²) in [6.45, 7) is 5.94. The fraction of sp³-hybridized carbons (Fsp3) is 0.263. The van der Waals surface area contributed by atoms with Gasteiger partial charge < -0.3 is 14.6 Å². The summed E-state index contributed by atoms with van der Waals surface area (Å²) in [4.78, 5) is 24.2. The Morgan fingerprint density at radius 1 is 1.22 bits per heavy atom. The number of esters is 1. The lowest BCUT2D eigenvalue weighted by molar-refractivity contribution is 0.0525. The summed E-state index contributed by atoms with van der Waals surface area (Å²) in [5.74, 6) is -0.0314. The van der Waals surface area contributed by atoms with Crippen molar-refractivity contribution < 1.29 is 18.8 Å². The number of aromatic nitrogens is 3. The highest BCUT2D eigenvalue weighted by molar-refractivity contribution is 5.94. The molecule has 3 rings (SSSR count). The van der Waals surface area contributed by atoms with Gasteiger partial charge in [0.1, 0.15) is 5.56 Å². The van der Waals surface area contributed by atoms with Crippen LogP contribution in [0.2, 0.25) is 0 Å². The number of carbonyl (C=O) groups excluding carboxylic acids is 2. The third-order valence-corrected chi connectivity index (χ3v) is 3.98. The predicted molar refractivity (Wildman–Crippen MR) is 96.7 cm³/mol. The summed E-state index contributed by atoms with van der Waals surface area (Å²) in [5.41, 5.74) is 3.10. The largest absolute Gasteiger partial charge is 0.462 e. The molecular weight excluding hydrogens is 348 g/mol. The van der Waals surface area contributed by atoms with E-state index >= 15 is 0 Å². The van der Waals surface area contributed by atoms with Gasteiger partial charge in [-0.2, -0.15) is 5.10 Å². The minimum absolute atomic E-state index is 0.222. The summed E-state index contributed by atoms with van der Waals surface area (Å²) < 4.78 is 11.7. The predicted octanol–water partition coefficient (Wildman–Crippen LogP) is 2.58. The van der Waals surface area contributed by atoms with Gasteiger partial charge in [-0.1, -0.05) is 5.16 Å². The van der Waals surface area contributed by atoms with E-state index in [1.54, 1.807) is 48.9 Å². The third-order valence-electron chi connectivity index (χ3n) is 3.98. The van der Waals surface area contributed by atoms with Gasteiger partial charge in [0.2, 0.25) is 0 Å². The first-order valence-electron chi connectivity index (χ1n) is 8.52. The van der Waals surface area contributed by atoms with Gasteiger partial charge in [0.25, 0.3) is 5.91 Å². The number of ether oxygens (including phenoxy) is 1. The van der Waals surface area contributed by atoms with Crippen LogP contribution in [0.5, 0.6) is 0 Å². The number of hydrogen-bond donors (Lipinski definition) is 1. The number of hydrogen-bond acceptors (Lipinski definition) is 6. The van der Waals surface area contributed by atoms with Crippen LogP contribution in [0.15, 0.2) is 41.1 Å². The van der Waals surface area contributed by atoms with E-state index < -0.39 is 5.97 Å². The van der Waals surface area contributed by atoms with Crippen molar-refractivity contribution in [1.82, 2.24) is 20.3 Å². The van der Waals surface area contributed by atoms with Crippen LogP contribution in [0, 0.1) is 13.8 Å². The maximum atomic E-state index is 12.2. The number of carbonyl (C=O) groups is 2. The van der Waals surface area contributed by atoms with E-state index in [1.165, 1.54) is 6.20 Å². The first kappa shape index (κ1) is 18.4. The highest BCUT2D eigenvalue weighted by Crippen LogP contribution is 2.16. The minimum Gasteiger partial charge on any atom is -0.462 e. The van der Waals surface area contributed by atoms with Crippen molar-refractivity contribution in [3.63, 3.8) is 0 Å². The Morgan fingerprint density at radius 3 is 2.59 bits per heavy atom. The first-order valence-corrected chi connectivity index (χ1v) is 8.52. The average Bonchev–Trinajstić information content (AvgIpc) is 3.25. The van der Waals surface area contributed by atoms with Crippen LogP contribution in [0.25, 0.3) is 5.69 Å². The van der Waals surface area contributed by atoms with Gasteiger partial charge >= 0.3 is 5.97 Å². The number of nitrogens with one attached hydrogen (secondary N) is 1. The summed E-state index contributed by atoms with van der Waals surface area (Å²) in [6, 6.07) is 8.69. The van der Waals surface area contributed by atoms with E-state index in [1.807, 2.05) is 6.92 Å². The molecular formula is C19H20N4O4. The second-order valence-electron chi connectivity index (χ2n) is 5.94. The molecule has 1 N–H and O–H groups in total. The van der Waals surface area contributed by atoms with E-state index in [2.05, 4.69) is 15.6 Å². The molecule has 0 spiro atoms. The van der Waals surface area contributed by atoms with E-state index in [0.717, 1.165) is 11.4 Å². The van der Waals surface area contributed by atoms with Gasteiger partial charge in [-0.05, 0) is 45.0 Å². The molecule has 0 fully saturated rings. The zero-order chi connectivity index (χ0) is 19.4. The zero-order valence-electron chi connectivity index (χ0n) is 15.4. The molecule has 0 saturated carbocycles. The van der Waals surface area contributed by atoms with Gasteiger partial charge in [0.05, 0.1) is 36.4 Å². The average molecular weight is 368 g/mol. The van der Waals surface area contributed by atoms with E-state index in [0.29, 0.717) is 29.2 Å². The standard InChI is InChI=1S/C19H20N4O4/c1-4-26-19(25)17-11-21-23(13(17)3)15-7-5-14(6-8-15)18(24)20-10-16-9-12(2)22-27-16/h5-9,11H,4,10H2,1-3H3,(H,20,24). The topological polar surface area (TPSA) is 99.2 Å². The van der Waals surface area contributed by atoms with Crippen LogP contribution in [-0.4, -0.2) is 33.4 Å². The fourth-order valence-electron chi connectivity index (χ4n) is 2.60. The van der Waals surface area contributed by atoms with Crippen LogP contribution in [0.3, 0.4) is 0 Å². The number of amides is 1. The Balaban J connectivity index is 1.70. The first-order chi connectivity index (χ1) is 13.0. The molecule has 3 aromatic rings. The Morgan fingerprint density at radius 2 is 1.96 bits per heavy atom. The Labute approximate surface area is 156 Å². The summed E-state index contributed by atoms with van der Waals surface area (Å²) in [7, 11) is 0. The monoisotopic (exact) mass is 368 g/mol. The minimum atomic E-state index is -0.403. The molecule has 0 saturated heterocycles. The molecule has 0 aliphatic carbocycles. The van der Waals surface area contributed by atoms with Crippen molar-refractivity contribution in [1.29, 1.82) is 0 Å². The SMILES string of the molecule is CCOC(=O)c1cnn(-c2ccc(C(=O)NCc3cc(C)no3)cc2)c1C. The van der Waals surface area contributed by atoms with Crippen molar-refractivity contribution in [3.8, 4) is 5.69 Å². The second-order valence-corrected chi connectivity index (χ2v) is 5.94. The summed E-state index contributed by atoms with van der Waals surface area (Å²) in [5, 5.41) is 10.8. The molecule has 1 amide bonds. The smallest absolute Gasteiger partial charge is 0.341 e. The van der Waals surface area contributed by atoms with E-state index in [-0.39, 0.29) is 12.5 Å². The van der Waals surface area contributed by atoms with Crippen molar-refractivity contribution in [3.05, 3.63) is 64.8 Å². The molecule has 8 nitrogen and oxygen atoms in total. The molecule has 8 heteroatoms. The third kappa shape index (κ3) is 4.05. The Bertz CT molecular complexity index is 957. The van der Waals surface area contributed by atoms with Crippen molar-refractivity contribution in [2.45, 2.75) is 27.3 Å². The Kier molecular flexibility index (Phi) is 5.35. The van der Waals surface area contributed by atoms with Crippen molar-refractivity contribution >= 4 is 11.9 Å². The molecule has 0 unspecified atom stereocenters. The number of aryl methyl sites for hydroxylation is 1. The molecule has 1 aromatic carbocycles. The molecule has 0 aliphatic rings.